The molecule has 92 valence electrons. The van der Waals surface area contributed by atoms with Crippen molar-refractivity contribution >= 4 is 5.78 Å². The number of ether oxygens (including phenoxy) is 1. The monoisotopic (exact) mass is 224 g/mol. The largest absolute Gasteiger partial charge is 0.370 e. The maximum atomic E-state index is 12.3. The Kier molecular flexibility index (Phi) is 3.68. The van der Waals surface area contributed by atoms with Gasteiger partial charge in [0.05, 0.1) is 0 Å². The van der Waals surface area contributed by atoms with E-state index in [1.165, 1.54) is 12.8 Å². The second-order valence-corrected chi connectivity index (χ2v) is 5.79. The van der Waals surface area contributed by atoms with E-state index in [0.717, 1.165) is 50.4 Å². The third kappa shape index (κ3) is 2.65. The van der Waals surface area contributed by atoms with Crippen molar-refractivity contribution in [2.75, 3.05) is 7.11 Å². The second-order valence-electron chi connectivity index (χ2n) is 5.79. The minimum atomic E-state index is -0.415. The summed E-state index contributed by atoms with van der Waals surface area (Å²) in [7, 11) is 1.71. The number of carbonyl (C=O) groups is 1. The van der Waals surface area contributed by atoms with Crippen LogP contribution in [-0.2, 0) is 9.53 Å². The quantitative estimate of drug-likeness (QED) is 0.716. The molecule has 0 atom stereocenters. The summed E-state index contributed by atoms with van der Waals surface area (Å²) in [5.74, 6) is 1.98. The van der Waals surface area contributed by atoms with Crippen LogP contribution in [-0.4, -0.2) is 18.5 Å². The van der Waals surface area contributed by atoms with E-state index >= 15 is 0 Å². The van der Waals surface area contributed by atoms with Crippen LogP contribution in [0, 0.1) is 11.8 Å². The highest BCUT2D eigenvalue weighted by atomic mass is 16.5. The lowest BCUT2D eigenvalue weighted by atomic mass is 9.76. The highest BCUT2D eigenvalue weighted by Gasteiger charge is 2.40. The van der Waals surface area contributed by atoms with Gasteiger partial charge in [-0.2, -0.15) is 0 Å². The highest BCUT2D eigenvalue weighted by Crippen LogP contribution is 2.38. The Morgan fingerprint density at radius 3 is 2.38 bits per heavy atom. The van der Waals surface area contributed by atoms with E-state index in [9.17, 15) is 4.79 Å². The molecule has 0 aromatic rings. The molecule has 16 heavy (non-hydrogen) atoms. The lowest BCUT2D eigenvalue weighted by molar-refractivity contribution is -0.146. The van der Waals surface area contributed by atoms with Crippen LogP contribution in [0.3, 0.4) is 0 Å². The number of hydrogen-bond acceptors (Lipinski definition) is 2. The summed E-state index contributed by atoms with van der Waals surface area (Å²) in [6, 6.07) is 0. The van der Waals surface area contributed by atoms with Crippen molar-refractivity contribution < 1.29 is 9.53 Å². The van der Waals surface area contributed by atoms with Gasteiger partial charge in [0, 0.05) is 13.5 Å². The van der Waals surface area contributed by atoms with Crippen LogP contribution >= 0.6 is 0 Å². The van der Waals surface area contributed by atoms with Gasteiger partial charge in [-0.05, 0) is 43.9 Å². The minimum Gasteiger partial charge on any atom is -0.370 e. The zero-order valence-electron chi connectivity index (χ0n) is 10.6. The van der Waals surface area contributed by atoms with Crippen LogP contribution in [0.5, 0.6) is 0 Å². The molecule has 2 nitrogen and oxygen atoms in total. The molecule has 0 heterocycles. The van der Waals surface area contributed by atoms with Gasteiger partial charge in [-0.15, -0.1) is 0 Å². The predicted octanol–water partition coefficient (Wildman–Crippen LogP) is 3.34. The number of carbonyl (C=O) groups excluding carboxylic acids is 1. The molecule has 2 aliphatic carbocycles. The molecule has 0 saturated heterocycles. The second kappa shape index (κ2) is 4.87. The molecule has 0 bridgehead atoms. The zero-order chi connectivity index (χ0) is 11.6. The van der Waals surface area contributed by atoms with Gasteiger partial charge < -0.3 is 4.74 Å². The smallest absolute Gasteiger partial charge is 0.164 e. The van der Waals surface area contributed by atoms with Gasteiger partial charge in [0.2, 0.25) is 0 Å². The number of ketones is 1. The molecule has 2 saturated carbocycles. The Balaban J connectivity index is 1.88. The van der Waals surface area contributed by atoms with E-state index in [1.54, 1.807) is 7.11 Å². The highest BCUT2D eigenvalue weighted by molar-refractivity contribution is 5.87. The van der Waals surface area contributed by atoms with Crippen LogP contribution in [0.2, 0.25) is 0 Å². The molecule has 2 heteroatoms. The van der Waals surface area contributed by atoms with Crippen LogP contribution in [0.1, 0.15) is 58.3 Å². The fourth-order valence-corrected chi connectivity index (χ4v) is 2.79. The third-order valence-corrected chi connectivity index (χ3v) is 4.46. The Labute approximate surface area is 98.7 Å². The molecule has 0 amide bonds. The average Bonchev–Trinajstić information content (AvgIpc) is 3.11. The van der Waals surface area contributed by atoms with Gasteiger partial charge in [-0.3, -0.25) is 4.79 Å². The molecule has 0 spiro atoms. The lowest BCUT2D eigenvalue weighted by Gasteiger charge is -2.37. The van der Waals surface area contributed by atoms with Crippen LogP contribution in [0.4, 0.5) is 0 Å². The average molecular weight is 224 g/mol. The van der Waals surface area contributed by atoms with Gasteiger partial charge in [0.25, 0.3) is 0 Å². The summed E-state index contributed by atoms with van der Waals surface area (Å²) in [5.41, 5.74) is -0.415. The van der Waals surface area contributed by atoms with E-state index < -0.39 is 5.60 Å². The van der Waals surface area contributed by atoms with Crippen molar-refractivity contribution in [3.05, 3.63) is 0 Å². The first-order chi connectivity index (χ1) is 7.66. The normalized spacial score (nSPS) is 35.0. The van der Waals surface area contributed by atoms with E-state index in [1.807, 2.05) is 0 Å². The molecule has 0 aliphatic heterocycles. The van der Waals surface area contributed by atoms with Gasteiger partial charge in [0.1, 0.15) is 5.60 Å². The molecule has 0 unspecified atom stereocenters. The molecule has 0 radical (unpaired) electrons. The number of methoxy groups -OCH3 is 1. The first kappa shape index (κ1) is 12.1. The molecular formula is C14H24O2. The first-order valence-corrected chi connectivity index (χ1v) is 6.75. The maximum Gasteiger partial charge on any atom is 0.164 e. The van der Waals surface area contributed by atoms with Crippen LogP contribution < -0.4 is 0 Å². The molecule has 0 aromatic carbocycles. The molecule has 0 N–H and O–H groups in total. The third-order valence-electron chi connectivity index (χ3n) is 4.46. The van der Waals surface area contributed by atoms with E-state index in [-0.39, 0.29) is 0 Å². The van der Waals surface area contributed by atoms with E-state index in [2.05, 4.69) is 6.92 Å². The molecule has 0 aromatic heterocycles. The molecule has 2 rings (SSSR count). The number of hydrogen-bond donors (Lipinski definition) is 0. The zero-order valence-corrected chi connectivity index (χ0v) is 10.6. The Morgan fingerprint density at radius 2 is 1.88 bits per heavy atom. The number of Topliss-reactive ketones (excluding diaryl/α,β-unsaturated/α-hetero) is 1. The van der Waals surface area contributed by atoms with Crippen molar-refractivity contribution in [2.24, 2.45) is 11.8 Å². The summed E-state index contributed by atoms with van der Waals surface area (Å²) in [4.78, 5) is 12.3. The summed E-state index contributed by atoms with van der Waals surface area (Å²) in [6.07, 6.45) is 8.68. The van der Waals surface area contributed by atoms with Gasteiger partial charge >= 0.3 is 0 Å². The van der Waals surface area contributed by atoms with Crippen molar-refractivity contribution in [1.82, 2.24) is 0 Å². The summed E-state index contributed by atoms with van der Waals surface area (Å²) < 4.78 is 5.59. The standard InChI is InChI=1S/C14H24O2/c1-11-7-9-14(16-2,10-8-11)13(15)6-5-12-3-4-12/h11-12H,3-10H2,1-2H3. The Morgan fingerprint density at radius 1 is 1.25 bits per heavy atom. The summed E-state index contributed by atoms with van der Waals surface area (Å²) >= 11 is 0. The minimum absolute atomic E-state index is 0.369. The topological polar surface area (TPSA) is 26.3 Å². The van der Waals surface area contributed by atoms with E-state index in [0.29, 0.717) is 5.78 Å². The van der Waals surface area contributed by atoms with Crippen molar-refractivity contribution in [1.29, 1.82) is 0 Å². The SMILES string of the molecule is COC1(C(=O)CCC2CC2)CCC(C)CC1. The Bertz CT molecular complexity index is 247. The summed E-state index contributed by atoms with van der Waals surface area (Å²) in [6.45, 7) is 2.27. The van der Waals surface area contributed by atoms with Gasteiger partial charge in [-0.25, -0.2) is 0 Å². The first-order valence-electron chi connectivity index (χ1n) is 6.75. The Hall–Kier alpha value is -0.370. The van der Waals surface area contributed by atoms with Crippen molar-refractivity contribution in [2.45, 2.75) is 63.9 Å². The maximum absolute atomic E-state index is 12.3. The van der Waals surface area contributed by atoms with Gasteiger partial charge in [-0.1, -0.05) is 19.8 Å². The van der Waals surface area contributed by atoms with Crippen molar-refractivity contribution in [3.63, 3.8) is 0 Å². The molecule has 2 aliphatic rings. The lowest BCUT2D eigenvalue weighted by Crippen LogP contribution is -2.43. The fraction of sp³-hybridized carbons (Fsp3) is 0.929. The molecule has 2 fully saturated rings. The molecular weight excluding hydrogens is 200 g/mol. The summed E-state index contributed by atoms with van der Waals surface area (Å²) in [5, 5.41) is 0. The fourth-order valence-electron chi connectivity index (χ4n) is 2.79. The number of rotatable bonds is 5. The van der Waals surface area contributed by atoms with Crippen LogP contribution in [0.25, 0.3) is 0 Å². The van der Waals surface area contributed by atoms with E-state index in [4.69, 9.17) is 4.74 Å². The van der Waals surface area contributed by atoms with Gasteiger partial charge in [0.15, 0.2) is 5.78 Å². The predicted molar refractivity (Wildman–Crippen MR) is 64.3 cm³/mol. The van der Waals surface area contributed by atoms with Crippen molar-refractivity contribution in [3.8, 4) is 0 Å². The van der Waals surface area contributed by atoms with Crippen LogP contribution in [0.15, 0.2) is 0 Å².